The largest absolute Gasteiger partial charge is 0.490 e. The molecule has 0 spiro atoms. The van der Waals surface area contributed by atoms with E-state index in [0.29, 0.717) is 29.2 Å². The summed E-state index contributed by atoms with van der Waals surface area (Å²) in [6.07, 6.45) is 4.74. The van der Waals surface area contributed by atoms with Crippen LogP contribution in [0.25, 0.3) is 6.08 Å². The van der Waals surface area contributed by atoms with Gasteiger partial charge in [-0.2, -0.15) is 5.10 Å². The highest BCUT2D eigenvalue weighted by molar-refractivity contribution is 5.96. The van der Waals surface area contributed by atoms with Crippen LogP contribution in [0.4, 0.5) is 5.69 Å². The van der Waals surface area contributed by atoms with Crippen molar-refractivity contribution in [2.24, 2.45) is 5.10 Å². The van der Waals surface area contributed by atoms with Crippen molar-refractivity contribution in [2.75, 3.05) is 11.9 Å². The molecular weight excluding hydrogens is 518 g/mol. The van der Waals surface area contributed by atoms with Gasteiger partial charge in [-0.15, -0.1) is 0 Å². The van der Waals surface area contributed by atoms with Crippen molar-refractivity contribution in [3.8, 4) is 11.5 Å². The van der Waals surface area contributed by atoms with Crippen LogP contribution in [0.15, 0.2) is 114 Å². The Morgan fingerprint density at radius 3 is 2.22 bits per heavy atom. The summed E-state index contributed by atoms with van der Waals surface area (Å²) in [7, 11) is 0. The van der Waals surface area contributed by atoms with Gasteiger partial charge in [0.15, 0.2) is 11.5 Å². The fraction of sp³-hybridized carbons (Fsp3) is 0.0909. The number of anilines is 1. The Bertz CT molecular complexity index is 1530. The standard InChI is InChI=1S/C33H29N3O5/c1-2-40-30-21-26(13-19-29(30)41-32(38)20-14-24-9-5-3-6-10-24)23-34-36-33(39)27-15-17-28(18-16-27)35-31(37)22-25-11-7-4-8-12-25/h3-21,23H,2,22H2,1H3,(H,35,37)(H,36,39)/b20-14+,34-23-. The van der Waals surface area contributed by atoms with E-state index in [1.54, 1.807) is 48.5 Å². The van der Waals surface area contributed by atoms with E-state index in [0.717, 1.165) is 11.1 Å². The van der Waals surface area contributed by atoms with Crippen LogP contribution in [-0.2, 0) is 16.0 Å². The van der Waals surface area contributed by atoms with Crippen LogP contribution in [0.5, 0.6) is 11.5 Å². The van der Waals surface area contributed by atoms with E-state index in [-0.39, 0.29) is 18.1 Å². The van der Waals surface area contributed by atoms with Crippen molar-refractivity contribution in [3.05, 3.63) is 131 Å². The zero-order valence-corrected chi connectivity index (χ0v) is 22.4. The molecule has 206 valence electrons. The van der Waals surface area contributed by atoms with Gasteiger partial charge < -0.3 is 14.8 Å². The molecule has 0 aliphatic heterocycles. The quantitative estimate of drug-likeness (QED) is 0.0830. The SMILES string of the molecule is CCOc1cc(/C=N\NC(=O)c2ccc(NC(=O)Cc3ccccc3)cc2)ccc1OC(=O)/C=C/c1ccccc1. The second-order valence-electron chi connectivity index (χ2n) is 8.79. The third kappa shape index (κ3) is 9.04. The van der Waals surface area contributed by atoms with E-state index in [4.69, 9.17) is 9.47 Å². The molecule has 4 aromatic carbocycles. The van der Waals surface area contributed by atoms with E-state index in [1.807, 2.05) is 67.6 Å². The summed E-state index contributed by atoms with van der Waals surface area (Å²) in [4.78, 5) is 37.1. The van der Waals surface area contributed by atoms with Gasteiger partial charge in [0.1, 0.15) is 0 Å². The van der Waals surface area contributed by atoms with Crippen LogP contribution in [0.3, 0.4) is 0 Å². The Hall–Kier alpha value is -5.50. The molecule has 0 saturated heterocycles. The molecule has 8 heteroatoms. The number of esters is 1. The van der Waals surface area contributed by atoms with Gasteiger partial charge in [-0.1, -0.05) is 60.7 Å². The van der Waals surface area contributed by atoms with Gasteiger partial charge in [0, 0.05) is 17.3 Å². The molecule has 4 rings (SSSR count). The monoisotopic (exact) mass is 547 g/mol. The third-order valence-electron chi connectivity index (χ3n) is 5.71. The first-order valence-electron chi connectivity index (χ1n) is 13.0. The molecule has 41 heavy (non-hydrogen) atoms. The summed E-state index contributed by atoms with van der Waals surface area (Å²) >= 11 is 0. The molecule has 0 aromatic heterocycles. The van der Waals surface area contributed by atoms with E-state index in [2.05, 4.69) is 15.8 Å². The fourth-order valence-electron chi connectivity index (χ4n) is 3.75. The van der Waals surface area contributed by atoms with Gasteiger partial charge >= 0.3 is 5.97 Å². The maximum absolute atomic E-state index is 12.5. The summed E-state index contributed by atoms with van der Waals surface area (Å²) in [5.41, 5.74) is 5.87. The molecule has 8 nitrogen and oxygen atoms in total. The van der Waals surface area contributed by atoms with Crippen molar-refractivity contribution < 1.29 is 23.9 Å². The predicted octanol–water partition coefficient (Wildman–Crippen LogP) is 5.65. The first kappa shape index (κ1) is 28.5. The molecule has 0 fully saturated rings. The van der Waals surface area contributed by atoms with Crippen molar-refractivity contribution in [1.29, 1.82) is 0 Å². The van der Waals surface area contributed by atoms with Crippen molar-refractivity contribution >= 4 is 35.8 Å². The lowest BCUT2D eigenvalue weighted by Crippen LogP contribution is -2.18. The lowest BCUT2D eigenvalue weighted by atomic mass is 10.1. The third-order valence-corrected chi connectivity index (χ3v) is 5.71. The van der Waals surface area contributed by atoms with Gasteiger partial charge in [0.2, 0.25) is 5.91 Å². The number of amides is 2. The van der Waals surface area contributed by atoms with Crippen LogP contribution >= 0.6 is 0 Å². The number of nitrogens with one attached hydrogen (secondary N) is 2. The number of nitrogens with zero attached hydrogens (tertiary/aromatic N) is 1. The smallest absolute Gasteiger partial charge is 0.336 e. The first-order chi connectivity index (χ1) is 20.0. The molecule has 2 N–H and O–H groups in total. The summed E-state index contributed by atoms with van der Waals surface area (Å²) in [6, 6.07) is 30.3. The molecule has 0 aliphatic carbocycles. The molecular formula is C33H29N3O5. The molecule has 0 atom stereocenters. The van der Waals surface area contributed by atoms with Gasteiger partial charge in [-0.25, -0.2) is 10.2 Å². The summed E-state index contributed by atoms with van der Waals surface area (Å²) in [5, 5.41) is 6.84. The Morgan fingerprint density at radius 1 is 0.805 bits per heavy atom. The van der Waals surface area contributed by atoms with Crippen LogP contribution in [0.1, 0.15) is 34.0 Å². The minimum atomic E-state index is -0.537. The second kappa shape index (κ2) is 14.6. The number of carbonyl (C=O) groups is 3. The number of rotatable bonds is 11. The van der Waals surface area contributed by atoms with Gasteiger partial charge in [-0.05, 0) is 72.2 Å². The molecule has 0 bridgehead atoms. The Labute approximate surface area is 238 Å². The summed E-state index contributed by atoms with van der Waals surface area (Å²) in [6.45, 7) is 2.19. The molecule has 2 amide bonds. The minimum Gasteiger partial charge on any atom is -0.490 e. The number of hydrogen-bond donors (Lipinski definition) is 2. The van der Waals surface area contributed by atoms with E-state index >= 15 is 0 Å². The predicted molar refractivity (Wildman–Crippen MR) is 159 cm³/mol. The highest BCUT2D eigenvalue weighted by Gasteiger charge is 2.10. The maximum atomic E-state index is 12.5. The molecule has 4 aromatic rings. The zero-order valence-electron chi connectivity index (χ0n) is 22.4. The van der Waals surface area contributed by atoms with Crippen LogP contribution in [0, 0.1) is 0 Å². The van der Waals surface area contributed by atoms with Crippen molar-refractivity contribution in [2.45, 2.75) is 13.3 Å². The molecule has 0 heterocycles. The van der Waals surface area contributed by atoms with Crippen molar-refractivity contribution in [3.63, 3.8) is 0 Å². The minimum absolute atomic E-state index is 0.145. The number of ether oxygens (including phenoxy) is 2. The van der Waals surface area contributed by atoms with E-state index in [9.17, 15) is 14.4 Å². The van der Waals surface area contributed by atoms with Crippen molar-refractivity contribution in [1.82, 2.24) is 5.43 Å². The Kier molecular flexibility index (Phi) is 10.1. The highest BCUT2D eigenvalue weighted by Crippen LogP contribution is 2.28. The number of benzene rings is 4. The van der Waals surface area contributed by atoms with Gasteiger partial charge in [0.25, 0.3) is 5.91 Å². The maximum Gasteiger partial charge on any atom is 0.336 e. The number of hydrogen-bond acceptors (Lipinski definition) is 6. The lowest BCUT2D eigenvalue weighted by Gasteiger charge is -2.10. The van der Waals surface area contributed by atoms with E-state index in [1.165, 1.54) is 12.3 Å². The molecule has 0 radical (unpaired) electrons. The van der Waals surface area contributed by atoms with Crippen LogP contribution < -0.4 is 20.2 Å². The average molecular weight is 548 g/mol. The zero-order chi connectivity index (χ0) is 28.9. The first-order valence-corrected chi connectivity index (χ1v) is 13.0. The van der Waals surface area contributed by atoms with Crippen LogP contribution in [-0.4, -0.2) is 30.6 Å². The van der Waals surface area contributed by atoms with Gasteiger partial charge in [-0.3, -0.25) is 9.59 Å². The normalized spacial score (nSPS) is 10.9. The topological polar surface area (TPSA) is 106 Å². The lowest BCUT2D eigenvalue weighted by molar-refractivity contribution is -0.129. The molecule has 0 saturated carbocycles. The number of hydrazone groups is 1. The second-order valence-corrected chi connectivity index (χ2v) is 8.79. The highest BCUT2D eigenvalue weighted by atomic mass is 16.6. The van der Waals surface area contributed by atoms with Gasteiger partial charge in [0.05, 0.1) is 19.2 Å². The van der Waals surface area contributed by atoms with E-state index < -0.39 is 11.9 Å². The summed E-state index contributed by atoms with van der Waals surface area (Å²) in [5.74, 6) is -0.454. The Balaban J connectivity index is 1.31. The van der Waals surface area contributed by atoms with Crippen LogP contribution in [0.2, 0.25) is 0 Å². The number of carbonyl (C=O) groups excluding carboxylic acids is 3. The average Bonchev–Trinajstić information content (AvgIpc) is 2.99. The Morgan fingerprint density at radius 2 is 1.51 bits per heavy atom. The fourth-order valence-corrected chi connectivity index (χ4v) is 3.75. The molecule has 0 unspecified atom stereocenters. The molecule has 0 aliphatic rings. The summed E-state index contributed by atoms with van der Waals surface area (Å²) < 4.78 is 11.1.